The van der Waals surface area contributed by atoms with E-state index in [1.165, 1.54) is 47.2 Å². The first-order chi connectivity index (χ1) is 19.1. The lowest BCUT2D eigenvalue weighted by Crippen LogP contribution is -2.42. The zero-order valence-corrected chi connectivity index (χ0v) is 24.4. The Balaban J connectivity index is 1.71. The summed E-state index contributed by atoms with van der Waals surface area (Å²) in [6.45, 7) is 0.149. The maximum Gasteiger partial charge on any atom is 0.419 e. The summed E-state index contributed by atoms with van der Waals surface area (Å²) in [4.78, 5) is 29.8. The smallest absolute Gasteiger partial charge is 0.419 e. The van der Waals surface area contributed by atoms with Gasteiger partial charge in [0.05, 0.1) is 33.7 Å². The minimum absolute atomic E-state index is 0.0209. The van der Waals surface area contributed by atoms with Crippen LogP contribution in [0.3, 0.4) is 0 Å². The molecule has 0 unspecified atom stereocenters. The zero-order valence-electron chi connectivity index (χ0n) is 22.1. The van der Waals surface area contributed by atoms with E-state index >= 15 is 0 Å². The molecule has 1 aliphatic rings. The Labute approximate surface area is 245 Å². The fourth-order valence-electron chi connectivity index (χ4n) is 4.87. The average Bonchev–Trinajstić information content (AvgIpc) is 3.37. The average molecular weight is 629 g/mol. The Kier molecular flexibility index (Phi) is 8.63. The molecule has 0 radical (unpaired) electrons. The first-order valence-electron chi connectivity index (χ1n) is 12.2. The number of ether oxygens (including phenoxy) is 1. The lowest BCUT2D eigenvalue weighted by molar-refractivity contribution is -0.138. The lowest BCUT2D eigenvalue weighted by atomic mass is 9.93. The van der Waals surface area contributed by atoms with Crippen molar-refractivity contribution >= 4 is 44.9 Å². The number of methoxy groups -OCH3 is 1. The van der Waals surface area contributed by atoms with E-state index in [-0.39, 0.29) is 34.1 Å². The van der Waals surface area contributed by atoms with Crippen LogP contribution in [0.2, 0.25) is 10.0 Å². The second-order valence-corrected chi connectivity index (χ2v) is 12.5. The maximum atomic E-state index is 13.6. The van der Waals surface area contributed by atoms with Gasteiger partial charge in [0, 0.05) is 43.4 Å². The van der Waals surface area contributed by atoms with E-state index in [0.29, 0.717) is 10.6 Å². The third kappa shape index (κ3) is 6.47. The van der Waals surface area contributed by atoms with Gasteiger partial charge in [0.2, 0.25) is 0 Å². The molecule has 1 aliphatic heterocycles. The summed E-state index contributed by atoms with van der Waals surface area (Å²) in [6, 6.07) is 12.9. The number of benzene rings is 3. The molecule has 3 aromatic rings. The molecule has 2 atom stereocenters. The van der Waals surface area contributed by atoms with Gasteiger partial charge in [-0.05, 0) is 54.1 Å². The summed E-state index contributed by atoms with van der Waals surface area (Å²) in [5.74, 6) is -2.06. The minimum atomic E-state index is -4.75. The van der Waals surface area contributed by atoms with Gasteiger partial charge in [0.15, 0.2) is 9.84 Å². The van der Waals surface area contributed by atoms with Crippen molar-refractivity contribution in [2.45, 2.75) is 23.0 Å². The maximum absolute atomic E-state index is 13.6. The van der Waals surface area contributed by atoms with Crippen LogP contribution in [-0.4, -0.2) is 69.6 Å². The van der Waals surface area contributed by atoms with Gasteiger partial charge in [-0.15, -0.1) is 0 Å². The molecule has 4 rings (SSSR count). The molecule has 2 amide bonds. The molecule has 1 saturated heterocycles. The highest BCUT2D eigenvalue weighted by atomic mass is 35.5. The van der Waals surface area contributed by atoms with Crippen LogP contribution in [0.5, 0.6) is 5.75 Å². The van der Waals surface area contributed by atoms with Crippen molar-refractivity contribution < 1.29 is 35.9 Å². The number of likely N-dealkylation sites (tertiary alicyclic amines) is 1. The molecule has 218 valence electrons. The number of alkyl halides is 3. The minimum Gasteiger partial charge on any atom is -0.496 e. The highest BCUT2D eigenvalue weighted by molar-refractivity contribution is 7.90. The Morgan fingerprint density at radius 3 is 2.29 bits per heavy atom. The van der Waals surface area contributed by atoms with Gasteiger partial charge in [-0.3, -0.25) is 9.59 Å². The number of amides is 2. The zero-order chi connectivity index (χ0) is 30.3. The van der Waals surface area contributed by atoms with Crippen molar-refractivity contribution in [1.29, 1.82) is 0 Å². The number of rotatable bonds is 6. The second kappa shape index (κ2) is 11.5. The van der Waals surface area contributed by atoms with E-state index in [1.807, 2.05) is 0 Å². The Hall–Kier alpha value is -3.28. The van der Waals surface area contributed by atoms with Gasteiger partial charge in [-0.2, -0.15) is 13.2 Å². The molecule has 0 saturated carbocycles. The summed E-state index contributed by atoms with van der Waals surface area (Å²) in [5, 5.41) is 0.560. The SMILES string of the molecule is COc1ccc(C(=O)N(C)[C@@H]2CN(C(=O)c3cccc(S(C)(=O)=O)c3)C[C@H]2c2ccc(Cl)c(Cl)c2)cc1C(F)(F)F. The molecule has 41 heavy (non-hydrogen) atoms. The van der Waals surface area contributed by atoms with Gasteiger partial charge < -0.3 is 14.5 Å². The monoisotopic (exact) mass is 628 g/mol. The Bertz CT molecular complexity index is 1610. The van der Waals surface area contributed by atoms with Crippen LogP contribution in [0, 0.1) is 0 Å². The van der Waals surface area contributed by atoms with Crippen LogP contribution < -0.4 is 4.74 Å². The number of likely N-dealkylation sites (N-methyl/N-ethyl adjacent to an activating group) is 1. The molecule has 1 fully saturated rings. The van der Waals surface area contributed by atoms with Crippen LogP contribution in [-0.2, 0) is 16.0 Å². The quantitative estimate of drug-likeness (QED) is 0.344. The van der Waals surface area contributed by atoms with Crippen LogP contribution in [0.1, 0.15) is 37.8 Å². The van der Waals surface area contributed by atoms with Gasteiger partial charge in [-0.25, -0.2) is 8.42 Å². The van der Waals surface area contributed by atoms with Gasteiger partial charge in [0.25, 0.3) is 11.8 Å². The van der Waals surface area contributed by atoms with Gasteiger partial charge in [0.1, 0.15) is 5.75 Å². The molecule has 3 aromatic carbocycles. The standard InChI is InChI=1S/C28H25Cl2F3N2O5S/c1-34(26(36)18-8-10-25(40-2)21(12-18)28(31,32)33)24-15-35(14-20(24)16-7-9-22(29)23(30)13-16)27(37)17-5-4-6-19(11-17)41(3,38)39/h4-13,20,24H,14-15H2,1-3H3/t20-,24+/m0/s1. The lowest BCUT2D eigenvalue weighted by Gasteiger charge is -2.29. The Morgan fingerprint density at radius 1 is 0.976 bits per heavy atom. The molecule has 0 aliphatic carbocycles. The van der Waals surface area contributed by atoms with Crippen LogP contribution >= 0.6 is 23.2 Å². The van der Waals surface area contributed by atoms with Gasteiger partial charge >= 0.3 is 6.18 Å². The molecule has 0 spiro atoms. The fraction of sp³-hybridized carbons (Fsp3) is 0.286. The van der Waals surface area contributed by atoms with Crippen molar-refractivity contribution in [3.05, 3.63) is 93.0 Å². The highest BCUT2D eigenvalue weighted by Crippen LogP contribution is 2.38. The van der Waals surface area contributed by atoms with Crippen LogP contribution in [0.15, 0.2) is 65.6 Å². The molecular weight excluding hydrogens is 604 g/mol. The molecule has 7 nitrogen and oxygen atoms in total. The Morgan fingerprint density at radius 2 is 1.68 bits per heavy atom. The van der Waals surface area contributed by atoms with Crippen molar-refractivity contribution in [2.75, 3.05) is 33.5 Å². The fourth-order valence-corrected chi connectivity index (χ4v) is 5.85. The van der Waals surface area contributed by atoms with Gasteiger partial charge in [-0.1, -0.05) is 35.3 Å². The van der Waals surface area contributed by atoms with E-state index in [9.17, 15) is 31.2 Å². The third-order valence-corrected chi connectivity index (χ3v) is 8.88. The number of sulfone groups is 1. The number of nitrogens with zero attached hydrogens (tertiary/aromatic N) is 2. The first kappa shape index (κ1) is 30.7. The predicted molar refractivity (Wildman–Crippen MR) is 149 cm³/mol. The third-order valence-electron chi connectivity index (χ3n) is 7.03. The normalized spacial score (nSPS) is 17.4. The summed E-state index contributed by atoms with van der Waals surface area (Å²) >= 11 is 12.3. The first-order valence-corrected chi connectivity index (χ1v) is 14.8. The number of carbonyl (C=O) groups is 2. The molecule has 13 heteroatoms. The van der Waals surface area contributed by atoms with Crippen LogP contribution in [0.25, 0.3) is 0 Å². The second-order valence-electron chi connectivity index (χ2n) is 9.69. The number of carbonyl (C=O) groups excluding carboxylic acids is 2. The number of hydrogen-bond donors (Lipinski definition) is 0. The predicted octanol–water partition coefficient (Wildman–Crippen LogP) is 5.80. The molecule has 1 heterocycles. The molecule has 0 bridgehead atoms. The topological polar surface area (TPSA) is 84.0 Å². The molecular formula is C28H25Cl2F3N2O5S. The summed E-state index contributed by atoms with van der Waals surface area (Å²) in [6.07, 6.45) is -3.72. The number of halogens is 5. The summed E-state index contributed by atoms with van der Waals surface area (Å²) < 4.78 is 69.8. The van der Waals surface area contributed by atoms with E-state index < -0.39 is 51.1 Å². The van der Waals surface area contributed by atoms with Crippen molar-refractivity contribution in [1.82, 2.24) is 9.80 Å². The largest absolute Gasteiger partial charge is 0.496 e. The van der Waals surface area contributed by atoms with E-state index in [1.54, 1.807) is 18.2 Å². The summed E-state index contributed by atoms with van der Waals surface area (Å²) in [5.41, 5.74) is -0.497. The summed E-state index contributed by atoms with van der Waals surface area (Å²) in [7, 11) is -1.01. The molecule has 0 N–H and O–H groups in total. The van der Waals surface area contributed by atoms with E-state index in [0.717, 1.165) is 25.5 Å². The molecule has 0 aromatic heterocycles. The van der Waals surface area contributed by atoms with E-state index in [4.69, 9.17) is 27.9 Å². The van der Waals surface area contributed by atoms with Crippen molar-refractivity contribution in [2.24, 2.45) is 0 Å². The van der Waals surface area contributed by atoms with Crippen molar-refractivity contribution in [3.63, 3.8) is 0 Å². The highest BCUT2D eigenvalue weighted by Gasteiger charge is 2.41. The van der Waals surface area contributed by atoms with E-state index in [2.05, 4.69) is 0 Å². The van der Waals surface area contributed by atoms with Crippen LogP contribution in [0.4, 0.5) is 13.2 Å². The van der Waals surface area contributed by atoms with Crippen molar-refractivity contribution in [3.8, 4) is 5.75 Å². The number of hydrogen-bond acceptors (Lipinski definition) is 5.